The first-order valence-electron chi connectivity index (χ1n) is 47.4. The zero-order valence-electron chi connectivity index (χ0n) is 76.4. The first kappa shape index (κ1) is 83.8. The third-order valence-electron chi connectivity index (χ3n) is 26.7. The molecule has 0 saturated carbocycles. The van der Waals surface area contributed by atoms with E-state index in [1.165, 1.54) is 65.7 Å². The van der Waals surface area contributed by atoms with Gasteiger partial charge in [-0.2, -0.15) is 0 Å². The lowest BCUT2D eigenvalue weighted by Crippen LogP contribution is -1.96. The fourth-order valence-electron chi connectivity index (χ4n) is 19.3. The van der Waals surface area contributed by atoms with Crippen LogP contribution in [0.3, 0.4) is 0 Å². The Morgan fingerprint density at radius 3 is 0.752 bits per heavy atom. The molecule has 0 spiro atoms. The topological polar surface area (TPSA) is 117 Å². The largest absolute Gasteiger partial charge is 0.456 e. The minimum Gasteiger partial charge on any atom is -0.456 e. The molecule has 0 radical (unpaired) electrons. The first-order chi connectivity index (χ1) is 69.8. The van der Waals surface area contributed by atoms with Crippen molar-refractivity contribution in [3.8, 4) is 168 Å². The van der Waals surface area contributed by atoms with Gasteiger partial charge in [-0.15, -0.1) is 0 Å². The van der Waals surface area contributed by atoms with E-state index in [2.05, 4.69) is 406 Å². The minimum atomic E-state index is 0.704. The maximum absolute atomic E-state index is 6.15. The van der Waals surface area contributed by atoms with Crippen molar-refractivity contribution in [2.24, 2.45) is 0 Å². The van der Waals surface area contributed by atoms with Crippen LogP contribution in [0.4, 0.5) is 0 Å². The summed E-state index contributed by atoms with van der Waals surface area (Å²) in [6.07, 6.45) is 0. The van der Waals surface area contributed by atoms with Crippen molar-refractivity contribution in [1.82, 2.24) is 29.9 Å². The normalized spacial score (nSPS) is 11.4. The predicted molar refractivity (Wildman–Crippen MR) is 582 cm³/mol. The van der Waals surface area contributed by atoms with Gasteiger partial charge >= 0.3 is 0 Å². The number of para-hydroxylation sites is 3. The lowest BCUT2D eigenvalue weighted by Gasteiger charge is -2.11. The Morgan fingerprint density at radius 1 is 0.121 bits per heavy atom. The van der Waals surface area contributed by atoms with Gasteiger partial charge in [0.2, 0.25) is 0 Å². The summed E-state index contributed by atoms with van der Waals surface area (Å²) in [5, 5.41) is 14.3. The van der Waals surface area contributed by atoms with Crippen molar-refractivity contribution >= 4 is 98.1 Å². The van der Waals surface area contributed by atoms with Crippen LogP contribution in [0.2, 0.25) is 0 Å². The molecule has 0 unspecified atom stereocenters. The molecule has 9 nitrogen and oxygen atoms in total. The van der Waals surface area contributed by atoms with E-state index in [0.717, 1.165) is 183 Å². The molecule has 0 N–H and O–H groups in total. The minimum absolute atomic E-state index is 0.704. The summed E-state index contributed by atoms with van der Waals surface area (Å²) in [7, 11) is 0. The summed E-state index contributed by atoms with van der Waals surface area (Å²) in [6, 6.07) is 178. The molecule has 9 heteroatoms. The Bertz CT molecular complexity index is 9360. The quantitative estimate of drug-likeness (QED) is 0.0989. The zero-order valence-corrected chi connectivity index (χ0v) is 76.4. The summed E-state index contributed by atoms with van der Waals surface area (Å²) in [5.74, 6) is 2.12. The maximum Gasteiger partial charge on any atom is 0.160 e. The number of furan rings is 3. The molecule has 0 aliphatic heterocycles. The molecule has 0 amide bonds. The molecule has 0 fully saturated rings. The van der Waals surface area contributed by atoms with Gasteiger partial charge in [-0.1, -0.05) is 425 Å². The summed E-state index contributed by atoms with van der Waals surface area (Å²) < 4.78 is 18.3. The third-order valence-corrected chi connectivity index (χ3v) is 26.7. The first-order valence-corrected chi connectivity index (χ1v) is 47.4. The van der Waals surface area contributed by atoms with Crippen LogP contribution in [0.5, 0.6) is 0 Å². The average Bonchev–Trinajstić information content (AvgIpc) is 1.65. The van der Waals surface area contributed by atoms with Gasteiger partial charge in [-0.25, -0.2) is 29.9 Å². The van der Waals surface area contributed by atoms with Crippen molar-refractivity contribution in [3.05, 3.63) is 510 Å². The SMILES string of the molecule is c1ccc(-c2nc(-c3ccc(-c4ccc5ccccc5c4)cc3)cc(-c3ccc(-c4ccc5c(c4)oc4ccccc45)cc3)n2)cc1.c1ccc(-c2nc(-c3ccc(-c4ccc5ccccc5c4)cc3)cc(-c3ccc(-c4ccc5oc6ccccc6c5c4)cc3)n2)cc1.c1ccc(-c2nc(-c3ccc(-c4ccc5ccccc5c4)cc3)cc(-c3ccc(-c4cccc5oc6ccccc6c45)cc3)n2)cc1. The van der Waals surface area contributed by atoms with E-state index in [4.69, 9.17) is 43.2 Å². The molecule has 0 saturated heterocycles. The number of hydrogen-bond acceptors (Lipinski definition) is 9. The van der Waals surface area contributed by atoms with Crippen LogP contribution >= 0.6 is 0 Å². The highest BCUT2D eigenvalue weighted by atomic mass is 16.3. The van der Waals surface area contributed by atoms with E-state index in [1.807, 2.05) is 103 Å². The molecule has 660 valence electrons. The fourth-order valence-corrected chi connectivity index (χ4v) is 19.3. The molecule has 0 aliphatic rings. The lowest BCUT2D eigenvalue weighted by molar-refractivity contribution is 0.668. The van der Waals surface area contributed by atoms with Crippen LogP contribution in [0.25, 0.3) is 267 Å². The fraction of sp³-hybridized carbons (Fsp3) is 0. The van der Waals surface area contributed by atoms with Gasteiger partial charge in [0.1, 0.15) is 33.5 Å². The van der Waals surface area contributed by atoms with E-state index in [9.17, 15) is 0 Å². The van der Waals surface area contributed by atoms with Crippen LogP contribution in [0.15, 0.2) is 523 Å². The Kier molecular flexibility index (Phi) is 21.8. The number of rotatable bonds is 15. The maximum atomic E-state index is 6.15. The summed E-state index contributed by atoms with van der Waals surface area (Å²) >= 11 is 0. The monoisotopic (exact) mass is 1800 g/mol. The van der Waals surface area contributed by atoms with Crippen LogP contribution < -0.4 is 0 Å². The van der Waals surface area contributed by atoms with Crippen LogP contribution in [-0.2, 0) is 0 Å². The average molecular weight is 1800 g/mol. The van der Waals surface area contributed by atoms with E-state index >= 15 is 0 Å². The molecule has 0 bridgehead atoms. The van der Waals surface area contributed by atoms with Gasteiger partial charge < -0.3 is 13.3 Å². The molecule has 0 aliphatic carbocycles. The lowest BCUT2D eigenvalue weighted by atomic mass is 9.97. The van der Waals surface area contributed by atoms with Gasteiger partial charge in [0.05, 0.1) is 34.2 Å². The second-order valence-corrected chi connectivity index (χ2v) is 35.5. The van der Waals surface area contributed by atoms with E-state index < -0.39 is 0 Å². The standard InChI is InChI=1S/3C44H28N2O/c1-2-10-34(11-3-1)44-45-39(32-22-17-30(18-23-32)36-26-19-29-9-4-5-12-35(29)27-36)28-40(46-44)33-24-20-31(21-25-33)37-14-8-16-42-43(37)38-13-6-7-15-41(38)47-42;1-2-9-34(10-3-1)44-45-40(32-19-14-30(15-20-32)36-23-18-29-8-4-5-11-35(29)26-36)28-41(46-44)33-21-16-31(17-22-33)37-24-25-43-39(27-37)38-12-6-7-13-42(38)47-43;1-2-9-34(10-3-1)44-45-40(32-19-14-30(15-20-32)36-23-18-29-8-4-5-11-35(29)26-36)28-41(46-44)33-21-16-31(17-22-33)37-24-25-39-38-12-6-7-13-42(38)47-43(39)27-37/h3*1-28H. The van der Waals surface area contributed by atoms with Gasteiger partial charge in [0.25, 0.3) is 0 Å². The van der Waals surface area contributed by atoms with E-state index in [0.29, 0.717) is 17.5 Å². The second-order valence-electron chi connectivity index (χ2n) is 35.5. The molecule has 141 heavy (non-hydrogen) atoms. The zero-order chi connectivity index (χ0) is 93.5. The van der Waals surface area contributed by atoms with Crippen molar-refractivity contribution in [1.29, 1.82) is 0 Å². The smallest absolute Gasteiger partial charge is 0.160 e. The van der Waals surface area contributed by atoms with Crippen molar-refractivity contribution in [3.63, 3.8) is 0 Å². The van der Waals surface area contributed by atoms with Gasteiger partial charge in [0, 0.05) is 82.4 Å². The Morgan fingerprint density at radius 2 is 0.369 bits per heavy atom. The highest BCUT2D eigenvalue weighted by molar-refractivity contribution is 6.13. The van der Waals surface area contributed by atoms with Crippen molar-refractivity contribution in [2.75, 3.05) is 0 Å². The Labute approximate surface area is 813 Å². The van der Waals surface area contributed by atoms with Crippen molar-refractivity contribution < 1.29 is 13.3 Å². The number of nitrogens with zero attached hydrogens (tertiary/aromatic N) is 6. The van der Waals surface area contributed by atoms with Gasteiger partial charge in [-0.05, 0) is 184 Å². The molecular weight excluding hydrogens is 1720 g/mol. The highest BCUT2D eigenvalue weighted by Crippen LogP contribution is 2.43. The van der Waals surface area contributed by atoms with Crippen LogP contribution in [-0.4, -0.2) is 29.9 Å². The molecular formula is C132H84N6O3. The summed E-state index contributed by atoms with van der Waals surface area (Å²) in [4.78, 5) is 30.2. The van der Waals surface area contributed by atoms with E-state index in [1.54, 1.807) is 0 Å². The molecule has 6 heterocycles. The van der Waals surface area contributed by atoms with Gasteiger partial charge in [-0.3, -0.25) is 0 Å². The van der Waals surface area contributed by atoms with Crippen LogP contribution in [0.1, 0.15) is 0 Å². The molecule has 0 atom stereocenters. The van der Waals surface area contributed by atoms with Crippen LogP contribution in [0, 0.1) is 0 Å². The number of fused-ring (bicyclic) bond motifs is 12. The molecule has 27 aromatic rings. The molecule has 27 rings (SSSR count). The Balaban J connectivity index is 0.000000111. The number of hydrogen-bond donors (Lipinski definition) is 0. The summed E-state index contributed by atoms with van der Waals surface area (Å²) in [6.45, 7) is 0. The van der Waals surface area contributed by atoms with Crippen molar-refractivity contribution in [2.45, 2.75) is 0 Å². The Hall–Kier alpha value is -19.0. The number of benzene rings is 21. The van der Waals surface area contributed by atoms with E-state index in [-0.39, 0.29) is 0 Å². The molecule has 21 aromatic carbocycles. The molecule has 6 aromatic heterocycles. The van der Waals surface area contributed by atoms with Gasteiger partial charge in [0.15, 0.2) is 17.5 Å². The summed E-state index contributed by atoms with van der Waals surface area (Å²) in [5.41, 5.74) is 33.9. The predicted octanol–water partition coefficient (Wildman–Crippen LogP) is 35.6. The number of aromatic nitrogens is 6. The highest BCUT2D eigenvalue weighted by Gasteiger charge is 2.21. The second kappa shape index (κ2) is 36.7. The third kappa shape index (κ3) is 17.0.